The van der Waals surface area contributed by atoms with Gasteiger partial charge in [-0.15, -0.1) is 0 Å². The summed E-state index contributed by atoms with van der Waals surface area (Å²) in [4.78, 5) is 8.26. The first-order valence-electron chi connectivity index (χ1n) is 8.25. The summed E-state index contributed by atoms with van der Waals surface area (Å²) in [6.45, 7) is 6.91. The maximum absolute atomic E-state index is 12.8. The highest BCUT2D eigenvalue weighted by molar-refractivity contribution is 5.80. The SMILES string of the molecule is CCNC(=NCC1CCC1)N1CCN(C(C)C(F)(F)F)CC1. The van der Waals surface area contributed by atoms with Gasteiger partial charge in [0.15, 0.2) is 5.96 Å². The van der Waals surface area contributed by atoms with Crippen LogP contribution < -0.4 is 5.32 Å². The van der Waals surface area contributed by atoms with Gasteiger partial charge in [-0.05, 0) is 32.6 Å². The Morgan fingerprint density at radius 1 is 1.23 bits per heavy atom. The average Bonchev–Trinajstić information content (AvgIpc) is 2.43. The smallest absolute Gasteiger partial charge is 0.357 e. The molecule has 0 amide bonds. The molecule has 0 spiro atoms. The fraction of sp³-hybridized carbons (Fsp3) is 0.933. The molecule has 7 heteroatoms. The molecule has 1 heterocycles. The standard InChI is InChI=1S/C15H27F3N4/c1-3-19-14(20-11-13-5-4-6-13)22-9-7-21(8-10-22)12(2)15(16,17)18/h12-13H,3-11H2,1-2H3,(H,19,20). The molecule has 0 radical (unpaired) electrons. The van der Waals surface area contributed by atoms with Crippen molar-refractivity contribution in [2.45, 2.75) is 45.3 Å². The molecule has 128 valence electrons. The number of guanidine groups is 1. The summed E-state index contributed by atoms with van der Waals surface area (Å²) in [6, 6.07) is -1.37. The van der Waals surface area contributed by atoms with E-state index in [0.29, 0.717) is 32.1 Å². The van der Waals surface area contributed by atoms with E-state index in [2.05, 4.69) is 15.2 Å². The molecule has 1 N–H and O–H groups in total. The predicted octanol–water partition coefficient (Wildman–Crippen LogP) is 2.32. The summed E-state index contributed by atoms with van der Waals surface area (Å²) in [6.07, 6.45) is -0.352. The summed E-state index contributed by atoms with van der Waals surface area (Å²) in [5.74, 6) is 1.55. The van der Waals surface area contributed by atoms with E-state index >= 15 is 0 Å². The summed E-state index contributed by atoms with van der Waals surface area (Å²) < 4.78 is 38.3. The zero-order valence-corrected chi connectivity index (χ0v) is 13.5. The van der Waals surface area contributed by atoms with Crippen molar-refractivity contribution < 1.29 is 13.2 Å². The van der Waals surface area contributed by atoms with E-state index < -0.39 is 12.2 Å². The van der Waals surface area contributed by atoms with Crippen molar-refractivity contribution in [3.05, 3.63) is 0 Å². The molecule has 2 aliphatic rings. The summed E-state index contributed by atoms with van der Waals surface area (Å²) >= 11 is 0. The van der Waals surface area contributed by atoms with Crippen molar-refractivity contribution in [2.75, 3.05) is 39.3 Å². The van der Waals surface area contributed by atoms with Crippen molar-refractivity contribution in [3.63, 3.8) is 0 Å². The molecule has 2 rings (SSSR count). The lowest BCUT2D eigenvalue weighted by atomic mass is 9.86. The van der Waals surface area contributed by atoms with Crippen molar-refractivity contribution in [1.82, 2.24) is 15.1 Å². The van der Waals surface area contributed by atoms with Crippen LogP contribution in [-0.4, -0.2) is 67.2 Å². The van der Waals surface area contributed by atoms with E-state index in [1.54, 1.807) is 0 Å². The Hall–Kier alpha value is -0.980. The Labute approximate surface area is 130 Å². The number of alkyl halides is 3. The number of halogens is 3. The van der Waals surface area contributed by atoms with Gasteiger partial charge < -0.3 is 10.2 Å². The second-order valence-electron chi connectivity index (χ2n) is 6.23. The Kier molecular flexibility index (Phi) is 5.94. The zero-order valence-electron chi connectivity index (χ0n) is 13.5. The molecular weight excluding hydrogens is 293 g/mol. The van der Waals surface area contributed by atoms with Crippen LogP contribution in [0.25, 0.3) is 0 Å². The topological polar surface area (TPSA) is 30.9 Å². The molecular formula is C15H27F3N4. The van der Waals surface area contributed by atoms with Crippen LogP contribution in [0.4, 0.5) is 13.2 Å². The molecule has 22 heavy (non-hydrogen) atoms. The normalized spacial score (nSPS) is 23.3. The highest BCUT2D eigenvalue weighted by Crippen LogP contribution is 2.27. The number of hydrogen-bond donors (Lipinski definition) is 1. The minimum atomic E-state index is -4.15. The van der Waals surface area contributed by atoms with Gasteiger partial charge >= 0.3 is 6.18 Å². The molecule has 1 atom stereocenters. The molecule has 1 saturated heterocycles. The molecule has 0 bridgehead atoms. The average molecular weight is 320 g/mol. The van der Waals surface area contributed by atoms with Crippen molar-refractivity contribution in [3.8, 4) is 0 Å². The number of rotatable bonds is 4. The van der Waals surface area contributed by atoms with Crippen molar-refractivity contribution in [1.29, 1.82) is 0 Å². The number of hydrogen-bond acceptors (Lipinski definition) is 2. The van der Waals surface area contributed by atoms with Crippen LogP contribution in [0.1, 0.15) is 33.1 Å². The van der Waals surface area contributed by atoms with Gasteiger partial charge in [-0.2, -0.15) is 13.2 Å². The van der Waals surface area contributed by atoms with Gasteiger partial charge in [-0.25, -0.2) is 0 Å². The number of piperazine rings is 1. The van der Waals surface area contributed by atoms with Crippen LogP contribution in [0.3, 0.4) is 0 Å². The lowest BCUT2D eigenvalue weighted by Crippen LogP contribution is -2.56. The summed E-state index contributed by atoms with van der Waals surface area (Å²) in [5.41, 5.74) is 0. The third-order valence-electron chi connectivity index (χ3n) is 4.69. The van der Waals surface area contributed by atoms with E-state index in [4.69, 9.17) is 0 Å². The van der Waals surface area contributed by atoms with E-state index in [-0.39, 0.29) is 0 Å². The lowest BCUT2D eigenvalue weighted by Gasteiger charge is -2.39. The highest BCUT2D eigenvalue weighted by atomic mass is 19.4. The Balaban J connectivity index is 1.86. The minimum absolute atomic E-state index is 0.425. The van der Waals surface area contributed by atoms with E-state index in [9.17, 15) is 13.2 Å². The van der Waals surface area contributed by atoms with Crippen LogP contribution in [-0.2, 0) is 0 Å². The molecule has 1 unspecified atom stereocenters. The van der Waals surface area contributed by atoms with Crippen LogP contribution in [0.5, 0.6) is 0 Å². The fourth-order valence-electron chi connectivity index (χ4n) is 2.84. The molecule has 4 nitrogen and oxygen atoms in total. The molecule has 1 aliphatic carbocycles. The van der Waals surface area contributed by atoms with Gasteiger partial charge in [0.25, 0.3) is 0 Å². The first-order chi connectivity index (χ1) is 10.4. The molecule has 0 aromatic heterocycles. The fourth-order valence-corrected chi connectivity index (χ4v) is 2.84. The van der Waals surface area contributed by atoms with Crippen LogP contribution in [0, 0.1) is 5.92 Å². The van der Waals surface area contributed by atoms with Crippen LogP contribution >= 0.6 is 0 Å². The number of nitrogens with one attached hydrogen (secondary N) is 1. The van der Waals surface area contributed by atoms with Gasteiger partial charge in [-0.3, -0.25) is 9.89 Å². The maximum atomic E-state index is 12.8. The van der Waals surface area contributed by atoms with E-state index in [1.807, 2.05) is 6.92 Å². The van der Waals surface area contributed by atoms with Gasteiger partial charge in [-0.1, -0.05) is 6.42 Å². The first-order valence-corrected chi connectivity index (χ1v) is 8.25. The second kappa shape index (κ2) is 7.53. The number of nitrogens with zero attached hydrogens (tertiary/aromatic N) is 3. The van der Waals surface area contributed by atoms with Crippen LogP contribution in [0.15, 0.2) is 4.99 Å². The summed E-state index contributed by atoms with van der Waals surface area (Å²) in [5, 5.41) is 3.27. The monoisotopic (exact) mass is 320 g/mol. The zero-order chi connectivity index (χ0) is 16.2. The van der Waals surface area contributed by atoms with Crippen LogP contribution in [0.2, 0.25) is 0 Å². The van der Waals surface area contributed by atoms with Gasteiger partial charge in [0.05, 0.1) is 0 Å². The van der Waals surface area contributed by atoms with E-state index in [1.165, 1.54) is 31.1 Å². The van der Waals surface area contributed by atoms with Gasteiger partial charge in [0, 0.05) is 39.3 Å². The lowest BCUT2D eigenvalue weighted by molar-refractivity contribution is -0.181. The second-order valence-corrected chi connectivity index (χ2v) is 6.23. The summed E-state index contributed by atoms with van der Waals surface area (Å²) in [7, 11) is 0. The first kappa shape index (κ1) is 17.4. The maximum Gasteiger partial charge on any atom is 0.403 e. The third-order valence-corrected chi connectivity index (χ3v) is 4.69. The van der Waals surface area contributed by atoms with Gasteiger partial charge in [0.2, 0.25) is 0 Å². The minimum Gasteiger partial charge on any atom is -0.357 e. The van der Waals surface area contributed by atoms with Gasteiger partial charge in [0.1, 0.15) is 6.04 Å². The number of aliphatic imine (C=N–C) groups is 1. The Bertz CT molecular complexity index is 371. The Morgan fingerprint density at radius 3 is 2.32 bits per heavy atom. The molecule has 1 saturated carbocycles. The molecule has 2 fully saturated rings. The molecule has 0 aromatic carbocycles. The molecule has 1 aliphatic heterocycles. The third kappa shape index (κ3) is 4.51. The Morgan fingerprint density at radius 2 is 1.86 bits per heavy atom. The highest BCUT2D eigenvalue weighted by Gasteiger charge is 2.41. The van der Waals surface area contributed by atoms with E-state index in [0.717, 1.165) is 19.0 Å². The largest absolute Gasteiger partial charge is 0.403 e. The predicted molar refractivity (Wildman–Crippen MR) is 82.0 cm³/mol. The molecule has 0 aromatic rings. The van der Waals surface area contributed by atoms with Crippen molar-refractivity contribution >= 4 is 5.96 Å². The van der Waals surface area contributed by atoms with Crippen molar-refractivity contribution in [2.24, 2.45) is 10.9 Å². The quantitative estimate of drug-likeness (QED) is 0.637.